The molecular formula is C20H30IN5O. The Hall–Kier alpha value is -1.61. The summed E-state index contributed by atoms with van der Waals surface area (Å²) in [7, 11) is 1.86. The lowest BCUT2D eigenvalue weighted by Crippen LogP contribution is -2.47. The first kappa shape index (κ1) is 21.7. The quantitative estimate of drug-likeness (QED) is 0.390. The number of guanidine groups is 1. The summed E-state index contributed by atoms with van der Waals surface area (Å²) in [4.78, 5) is 6.77. The summed E-state index contributed by atoms with van der Waals surface area (Å²) < 4.78 is 7.60. The highest BCUT2D eigenvalue weighted by atomic mass is 127. The van der Waals surface area contributed by atoms with Gasteiger partial charge in [-0.1, -0.05) is 12.1 Å². The lowest BCUT2D eigenvalue weighted by atomic mass is 10.1. The predicted octanol–water partition coefficient (Wildman–Crippen LogP) is 3.11. The first-order valence-electron chi connectivity index (χ1n) is 9.46. The van der Waals surface area contributed by atoms with Gasteiger partial charge in [0.25, 0.3) is 0 Å². The fourth-order valence-corrected chi connectivity index (χ4v) is 3.36. The third-order valence-electron chi connectivity index (χ3n) is 4.76. The molecule has 0 amide bonds. The fraction of sp³-hybridized carbons (Fsp3) is 0.500. The first-order chi connectivity index (χ1) is 12.8. The van der Waals surface area contributed by atoms with Gasteiger partial charge >= 0.3 is 0 Å². The molecule has 1 aliphatic rings. The molecule has 2 heterocycles. The van der Waals surface area contributed by atoms with Gasteiger partial charge in [0.15, 0.2) is 5.96 Å². The SMILES string of the molecule is CCOC1CCN(C(=NC)NCCc2ccc(-n3cccn3)cc2)CC1.I. The maximum Gasteiger partial charge on any atom is 0.193 e. The van der Waals surface area contributed by atoms with Crippen LogP contribution in [0.2, 0.25) is 0 Å². The highest BCUT2D eigenvalue weighted by Crippen LogP contribution is 2.14. The predicted molar refractivity (Wildman–Crippen MR) is 120 cm³/mol. The maximum absolute atomic E-state index is 5.73. The van der Waals surface area contributed by atoms with Crippen molar-refractivity contribution in [1.82, 2.24) is 20.0 Å². The highest BCUT2D eigenvalue weighted by molar-refractivity contribution is 14.0. The van der Waals surface area contributed by atoms with Gasteiger partial charge in [-0.25, -0.2) is 4.68 Å². The Bertz CT molecular complexity index is 679. The number of rotatable bonds is 6. The number of nitrogens with one attached hydrogen (secondary N) is 1. The first-order valence-corrected chi connectivity index (χ1v) is 9.46. The van der Waals surface area contributed by atoms with Crippen LogP contribution in [0.1, 0.15) is 25.3 Å². The topological polar surface area (TPSA) is 54.7 Å². The molecular weight excluding hydrogens is 453 g/mol. The molecule has 0 aliphatic carbocycles. The van der Waals surface area contributed by atoms with Crippen molar-refractivity contribution >= 4 is 29.9 Å². The van der Waals surface area contributed by atoms with Crippen molar-refractivity contribution < 1.29 is 4.74 Å². The standard InChI is InChI=1S/C20H29N5O.HI/c1-3-26-19-10-15-24(16-11-19)20(21-2)22-13-9-17-5-7-18(8-6-17)25-14-4-12-23-25;/h4-8,12,14,19H,3,9-11,13,15-16H2,1-2H3,(H,21,22);1H. The van der Waals surface area contributed by atoms with Gasteiger partial charge in [0.2, 0.25) is 0 Å². The van der Waals surface area contributed by atoms with E-state index in [1.54, 1.807) is 6.20 Å². The number of piperidine rings is 1. The average Bonchev–Trinajstić information content (AvgIpc) is 3.22. The Kier molecular flexibility index (Phi) is 9.06. The summed E-state index contributed by atoms with van der Waals surface area (Å²) in [5, 5.41) is 7.75. The maximum atomic E-state index is 5.73. The zero-order valence-corrected chi connectivity index (χ0v) is 18.5. The molecule has 0 radical (unpaired) electrons. The minimum absolute atomic E-state index is 0. The van der Waals surface area contributed by atoms with Gasteiger partial charge in [0.05, 0.1) is 11.8 Å². The molecule has 0 unspecified atom stereocenters. The van der Waals surface area contributed by atoms with E-state index in [4.69, 9.17) is 4.74 Å². The van der Waals surface area contributed by atoms with Crippen LogP contribution in [0.5, 0.6) is 0 Å². The number of likely N-dealkylation sites (tertiary alicyclic amines) is 1. The Balaban J connectivity index is 0.00000261. The molecule has 27 heavy (non-hydrogen) atoms. The molecule has 0 bridgehead atoms. The Labute approximate surface area is 179 Å². The number of hydrogen-bond donors (Lipinski definition) is 1. The number of hydrogen-bond acceptors (Lipinski definition) is 3. The minimum Gasteiger partial charge on any atom is -0.378 e. The van der Waals surface area contributed by atoms with Gasteiger partial charge in [-0.3, -0.25) is 4.99 Å². The summed E-state index contributed by atoms with van der Waals surface area (Å²) in [6, 6.07) is 10.5. The number of nitrogens with zero attached hydrogens (tertiary/aromatic N) is 4. The van der Waals surface area contributed by atoms with E-state index in [9.17, 15) is 0 Å². The molecule has 1 aromatic carbocycles. The van der Waals surface area contributed by atoms with Gasteiger partial charge in [-0.2, -0.15) is 5.10 Å². The zero-order chi connectivity index (χ0) is 18.2. The van der Waals surface area contributed by atoms with E-state index in [1.807, 2.05) is 24.0 Å². The summed E-state index contributed by atoms with van der Waals surface area (Å²) >= 11 is 0. The number of aromatic nitrogens is 2. The second kappa shape index (κ2) is 11.3. The molecule has 1 aromatic heterocycles. The third-order valence-corrected chi connectivity index (χ3v) is 4.76. The van der Waals surface area contributed by atoms with Gasteiger partial charge in [0.1, 0.15) is 0 Å². The van der Waals surface area contributed by atoms with Crippen molar-refractivity contribution in [2.24, 2.45) is 4.99 Å². The van der Waals surface area contributed by atoms with E-state index >= 15 is 0 Å². The van der Waals surface area contributed by atoms with E-state index < -0.39 is 0 Å². The molecule has 2 aromatic rings. The fourth-order valence-electron chi connectivity index (χ4n) is 3.36. The molecule has 1 saturated heterocycles. The highest BCUT2D eigenvalue weighted by Gasteiger charge is 2.21. The zero-order valence-electron chi connectivity index (χ0n) is 16.2. The number of benzene rings is 1. The van der Waals surface area contributed by atoms with Crippen molar-refractivity contribution in [2.75, 3.05) is 33.3 Å². The van der Waals surface area contributed by atoms with E-state index in [0.717, 1.165) is 57.2 Å². The minimum atomic E-state index is 0. The molecule has 148 valence electrons. The van der Waals surface area contributed by atoms with Crippen LogP contribution in [0.15, 0.2) is 47.7 Å². The van der Waals surface area contributed by atoms with Crippen molar-refractivity contribution in [2.45, 2.75) is 32.3 Å². The molecule has 1 aliphatic heterocycles. The van der Waals surface area contributed by atoms with Crippen LogP contribution < -0.4 is 5.32 Å². The van der Waals surface area contributed by atoms with Gasteiger partial charge in [0, 0.05) is 45.7 Å². The van der Waals surface area contributed by atoms with Crippen LogP contribution >= 0.6 is 24.0 Å². The van der Waals surface area contributed by atoms with Crippen LogP contribution in [-0.2, 0) is 11.2 Å². The largest absolute Gasteiger partial charge is 0.378 e. The lowest BCUT2D eigenvalue weighted by Gasteiger charge is -2.34. The van der Waals surface area contributed by atoms with E-state index in [2.05, 4.69) is 51.5 Å². The molecule has 0 saturated carbocycles. The number of halogens is 1. The van der Waals surface area contributed by atoms with Crippen LogP contribution in [0.25, 0.3) is 5.69 Å². The van der Waals surface area contributed by atoms with E-state index in [1.165, 1.54) is 5.56 Å². The summed E-state index contributed by atoms with van der Waals surface area (Å²) in [5.41, 5.74) is 2.39. The molecule has 7 heteroatoms. The second-order valence-corrected chi connectivity index (χ2v) is 6.48. The Morgan fingerprint density at radius 2 is 2.00 bits per heavy atom. The van der Waals surface area contributed by atoms with Gasteiger partial charge in [-0.15, -0.1) is 24.0 Å². The smallest absolute Gasteiger partial charge is 0.193 e. The van der Waals surface area contributed by atoms with Crippen LogP contribution in [-0.4, -0.2) is 60.0 Å². The average molecular weight is 483 g/mol. The van der Waals surface area contributed by atoms with Crippen molar-refractivity contribution in [3.8, 4) is 5.69 Å². The lowest BCUT2D eigenvalue weighted by molar-refractivity contribution is 0.0264. The van der Waals surface area contributed by atoms with Gasteiger partial charge in [-0.05, 0) is 49.9 Å². The van der Waals surface area contributed by atoms with Crippen LogP contribution in [0, 0.1) is 0 Å². The number of aliphatic imine (C=N–C) groups is 1. The Morgan fingerprint density at radius 1 is 1.26 bits per heavy atom. The molecule has 1 fully saturated rings. The molecule has 6 nitrogen and oxygen atoms in total. The normalized spacial score (nSPS) is 15.5. The van der Waals surface area contributed by atoms with Crippen molar-refractivity contribution in [3.05, 3.63) is 48.3 Å². The van der Waals surface area contributed by atoms with E-state index in [0.29, 0.717) is 6.10 Å². The summed E-state index contributed by atoms with van der Waals surface area (Å²) in [6.07, 6.45) is 7.26. The van der Waals surface area contributed by atoms with Gasteiger partial charge < -0.3 is 15.0 Å². The number of ether oxygens (including phenoxy) is 1. The molecule has 0 atom stereocenters. The third kappa shape index (κ3) is 6.21. The van der Waals surface area contributed by atoms with Crippen LogP contribution in [0.4, 0.5) is 0 Å². The molecule has 3 rings (SSSR count). The Morgan fingerprint density at radius 3 is 2.59 bits per heavy atom. The van der Waals surface area contributed by atoms with Crippen LogP contribution in [0.3, 0.4) is 0 Å². The van der Waals surface area contributed by atoms with Crippen molar-refractivity contribution in [1.29, 1.82) is 0 Å². The monoisotopic (exact) mass is 483 g/mol. The second-order valence-electron chi connectivity index (χ2n) is 6.48. The van der Waals surface area contributed by atoms with Crippen molar-refractivity contribution in [3.63, 3.8) is 0 Å². The molecule has 1 N–H and O–H groups in total. The summed E-state index contributed by atoms with van der Waals surface area (Å²) in [5.74, 6) is 0.994. The molecule has 0 spiro atoms. The van der Waals surface area contributed by atoms with E-state index in [-0.39, 0.29) is 24.0 Å². The summed E-state index contributed by atoms with van der Waals surface area (Å²) in [6.45, 7) is 5.75.